The van der Waals surface area contributed by atoms with Crippen molar-refractivity contribution >= 4 is 23.4 Å². The van der Waals surface area contributed by atoms with Gasteiger partial charge in [0.15, 0.2) is 5.76 Å². The first-order valence-corrected chi connectivity index (χ1v) is 7.77. The Balaban J connectivity index is 1.58. The number of hydrogen-bond acceptors (Lipinski definition) is 5. The van der Waals surface area contributed by atoms with Crippen molar-refractivity contribution in [3.63, 3.8) is 0 Å². The lowest BCUT2D eigenvalue weighted by Gasteiger charge is -2.37. The van der Waals surface area contributed by atoms with Gasteiger partial charge in [-0.3, -0.25) is 19.7 Å². The van der Waals surface area contributed by atoms with Gasteiger partial charge in [0.2, 0.25) is 5.91 Å². The van der Waals surface area contributed by atoms with E-state index in [2.05, 4.69) is 5.32 Å². The van der Waals surface area contributed by atoms with E-state index in [4.69, 9.17) is 4.42 Å². The number of nitrogens with one attached hydrogen (secondary N) is 1. The van der Waals surface area contributed by atoms with E-state index >= 15 is 0 Å². The zero-order valence-corrected chi connectivity index (χ0v) is 13.8. The molecule has 25 heavy (non-hydrogen) atoms. The Bertz CT molecular complexity index is 852. The van der Waals surface area contributed by atoms with E-state index < -0.39 is 16.7 Å². The van der Waals surface area contributed by atoms with Crippen molar-refractivity contribution in [1.82, 2.24) is 4.90 Å². The summed E-state index contributed by atoms with van der Waals surface area (Å²) < 4.78 is 4.89. The fourth-order valence-electron chi connectivity index (χ4n) is 2.61. The predicted octanol–water partition coefficient (Wildman–Crippen LogP) is 2.52. The molecule has 2 amide bonds. The van der Waals surface area contributed by atoms with Gasteiger partial charge < -0.3 is 14.6 Å². The summed E-state index contributed by atoms with van der Waals surface area (Å²) in [7, 11) is 0. The summed E-state index contributed by atoms with van der Waals surface area (Å²) in [5.41, 5.74) is 2.77. The number of nitro groups is 1. The SMILES string of the molecule is Cc1ccc(C)c(NC(=O)C2CN(C(=O)c3ccc([N+](=O)[O-])o3)C2)c1. The molecule has 2 aromatic rings. The third kappa shape index (κ3) is 3.37. The van der Waals surface area contributed by atoms with Crippen LogP contribution < -0.4 is 5.32 Å². The molecule has 0 unspecified atom stereocenters. The number of amides is 2. The van der Waals surface area contributed by atoms with Gasteiger partial charge >= 0.3 is 5.88 Å². The molecule has 2 heterocycles. The fraction of sp³-hybridized carbons (Fsp3) is 0.294. The zero-order valence-electron chi connectivity index (χ0n) is 13.8. The Morgan fingerprint density at radius 3 is 2.60 bits per heavy atom. The van der Waals surface area contributed by atoms with E-state index in [0.717, 1.165) is 22.9 Å². The molecule has 1 saturated heterocycles. The van der Waals surface area contributed by atoms with Crippen LogP contribution in [0.15, 0.2) is 34.7 Å². The summed E-state index contributed by atoms with van der Waals surface area (Å²) in [6.07, 6.45) is 0. The molecule has 1 aromatic heterocycles. The summed E-state index contributed by atoms with van der Waals surface area (Å²) in [6, 6.07) is 8.21. The smallest absolute Gasteiger partial charge is 0.395 e. The maximum absolute atomic E-state index is 12.3. The molecule has 130 valence electrons. The molecule has 1 fully saturated rings. The van der Waals surface area contributed by atoms with Crippen molar-refractivity contribution in [2.24, 2.45) is 5.92 Å². The number of rotatable bonds is 4. The van der Waals surface area contributed by atoms with Gasteiger partial charge in [0.1, 0.15) is 4.92 Å². The van der Waals surface area contributed by atoms with E-state index in [9.17, 15) is 19.7 Å². The molecule has 0 atom stereocenters. The molecule has 1 aliphatic heterocycles. The normalized spacial score (nSPS) is 14.1. The van der Waals surface area contributed by atoms with Crippen molar-refractivity contribution in [2.75, 3.05) is 18.4 Å². The first-order valence-electron chi connectivity index (χ1n) is 7.77. The van der Waals surface area contributed by atoms with Gasteiger partial charge in [-0.15, -0.1) is 0 Å². The zero-order chi connectivity index (χ0) is 18.1. The lowest BCUT2D eigenvalue weighted by atomic mass is 9.98. The summed E-state index contributed by atoms with van der Waals surface area (Å²) >= 11 is 0. The molecule has 8 heteroatoms. The Morgan fingerprint density at radius 2 is 1.96 bits per heavy atom. The first-order chi connectivity index (χ1) is 11.8. The second kappa shape index (κ2) is 6.39. The largest absolute Gasteiger partial charge is 0.433 e. The lowest BCUT2D eigenvalue weighted by Crippen LogP contribution is -2.54. The monoisotopic (exact) mass is 343 g/mol. The van der Waals surface area contributed by atoms with Gasteiger partial charge in [-0.05, 0) is 37.1 Å². The molecule has 1 aromatic carbocycles. The predicted molar refractivity (Wildman–Crippen MR) is 89.3 cm³/mol. The molecule has 1 N–H and O–H groups in total. The highest BCUT2D eigenvalue weighted by molar-refractivity contribution is 5.97. The minimum Gasteiger partial charge on any atom is -0.395 e. The minimum absolute atomic E-state index is 0.0971. The van der Waals surface area contributed by atoms with Crippen molar-refractivity contribution < 1.29 is 18.9 Å². The number of hydrogen-bond donors (Lipinski definition) is 1. The van der Waals surface area contributed by atoms with Crippen LogP contribution >= 0.6 is 0 Å². The number of nitrogens with zero attached hydrogens (tertiary/aromatic N) is 2. The third-order valence-electron chi connectivity index (χ3n) is 4.17. The van der Waals surface area contributed by atoms with Gasteiger partial charge in [-0.2, -0.15) is 0 Å². The quantitative estimate of drug-likeness (QED) is 0.678. The molecule has 8 nitrogen and oxygen atoms in total. The minimum atomic E-state index is -0.701. The van der Waals surface area contributed by atoms with Crippen molar-refractivity contribution in [1.29, 1.82) is 0 Å². The highest BCUT2D eigenvalue weighted by atomic mass is 16.6. The van der Waals surface area contributed by atoms with Gasteiger partial charge in [0.05, 0.1) is 12.0 Å². The third-order valence-corrected chi connectivity index (χ3v) is 4.17. The molecule has 3 rings (SSSR count). The lowest BCUT2D eigenvalue weighted by molar-refractivity contribution is -0.402. The van der Waals surface area contributed by atoms with Crippen molar-refractivity contribution in [2.45, 2.75) is 13.8 Å². The van der Waals surface area contributed by atoms with Crippen LogP contribution in [0.1, 0.15) is 21.7 Å². The Labute approximate surface area is 143 Å². The highest BCUT2D eigenvalue weighted by Crippen LogP contribution is 2.24. The number of likely N-dealkylation sites (tertiary alicyclic amines) is 1. The standard InChI is InChI=1S/C17H17N3O5/c1-10-3-4-11(2)13(7-10)18-16(21)12-8-19(9-12)17(22)14-5-6-15(25-14)20(23)24/h3-7,12H,8-9H2,1-2H3,(H,18,21). The van der Waals surface area contributed by atoms with Crippen LogP contribution in [0.5, 0.6) is 0 Å². The average Bonchev–Trinajstić information content (AvgIpc) is 2.99. The topological polar surface area (TPSA) is 106 Å². The van der Waals surface area contributed by atoms with Crippen LogP contribution in [-0.4, -0.2) is 34.7 Å². The number of carbonyl (C=O) groups excluding carboxylic acids is 2. The summed E-state index contributed by atoms with van der Waals surface area (Å²) in [5, 5.41) is 13.5. The van der Waals surface area contributed by atoms with Gasteiger partial charge in [-0.1, -0.05) is 12.1 Å². The van der Waals surface area contributed by atoms with E-state index in [1.165, 1.54) is 11.0 Å². The summed E-state index contributed by atoms with van der Waals surface area (Å²) in [4.78, 5) is 35.8. The van der Waals surface area contributed by atoms with E-state index in [0.29, 0.717) is 0 Å². The van der Waals surface area contributed by atoms with Crippen LogP contribution in [0.25, 0.3) is 0 Å². The van der Waals surface area contributed by atoms with Crippen molar-refractivity contribution in [3.05, 3.63) is 57.3 Å². The molecule has 0 spiro atoms. The maximum Gasteiger partial charge on any atom is 0.433 e. The molecule has 0 radical (unpaired) electrons. The number of furan rings is 1. The fourth-order valence-corrected chi connectivity index (χ4v) is 2.61. The van der Waals surface area contributed by atoms with Crippen LogP contribution in [0, 0.1) is 29.9 Å². The second-order valence-corrected chi connectivity index (χ2v) is 6.11. The summed E-state index contributed by atoms with van der Waals surface area (Å²) in [5.74, 6) is -1.49. The van der Waals surface area contributed by atoms with Crippen LogP contribution in [0.3, 0.4) is 0 Å². The second-order valence-electron chi connectivity index (χ2n) is 6.11. The van der Waals surface area contributed by atoms with E-state index in [1.807, 2.05) is 32.0 Å². The van der Waals surface area contributed by atoms with Crippen LogP contribution in [0.2, 0.25) is 0 Å². The van der Waals surface area contributed by atoms with Crippen molar-refractivity contribution in [3.8, 4) is 0 Å². The first kappa shape index (κ1) is 16.7. The Kier molecular flexibility index (Phi) is 4.26. The molecule has 0 bridgehead atoms. The average molecular weight is 343 g/mol. The van der Waals surface area contributed by atoms with Gasteiger partial charge in [-0.25, -0.2) is 0 Å². The molecular formula is C17H17N3O5. The Morgan fingerprint density at radius 1 is 1.24 bits per heavy atom. The van der Waals surface area contributed by atoms with E-state index in [1.54, 1.807) is 0 Å². The van der Waals surface area contributed by atoms with Gasteiger partial charge in [0.25, 0.3) is 5.91 Å². The highest BCUT2D eigenvalue weighted by Gasteiger charge is 2.37. The van der Waals surface area contributed by atoms with Crippen LogP contribution in [-0.2, 0) is 4.79 Å². The van der Waals surface area contributed by atoms with E-state index in [-0.39, 0.29) is 30.7 Å². The van der Waals surface area contributed by atoms with Crippen LogP contribution in [0.4, 0.5) is 11.6 Å². The molecule has 0 aliphatic carbocycles. The molecular weight excluding hydrogens is 326 g/mol. The Hall–Kier alpha value is -3.16. The molecule has 0 saturated carbocycles. The maximum atomic E-state index is 12.3. The molecule has 1 aliphatic rings. The number of anilines is 1. The van der Waals surface area contributed by atoms with Gasteiger partial charge in [0, 0.05) is 18.8 Å². The number of benzene rings is 1. The number of carbonyl (C=O) groups is 2. The summed E-state index contributed by atoms with van der Waals surface area (Å²) in [6.45, 7) is 4.37. The number of aryl methyl sites for hydroxylation is 2.